The lowest BCUT2D eigenvalue weighted by Gasteiger charge is -2.38. The Morgan fingerprint density at radius 1 is 1.32 bits per heavy atom. The van der Waals surface area contributed by atoms with Crippen molar-refractivity contribution in [3.05, 3.63) is 56.5 Å². The molecule has 25 heavy (non-hydrogen) atoms. The summed E-state index contributed by atoms with van der Waals surface area (Å²) < 4.78 is 0. The second-order valence-corrected chi connectivity index (χ2v) is 6.30. The molecular weight excluding hydrogens is 322 g/mol. The Morgan fingerprint density at radius 2 is 2.12 bits per heavy atom. The number of nitrogens with zero attached hydrogens (tertiary/aromatic N) is 3. The molecule has 3 rings (SSSR count). The summed E-state index contributed by atoms with van der Waals surface area (Å²) in [6, 6.07) is 6.97. The molecule has 0 unspecified atom stereocenters. The summed E-state index contributed by atoms with van der Waals surface area (Å²) in [4.78, 5) is 48.2. The number of carbonyl (C=O) groups excluding carboxylic acids is 1. The van der Waals surface area contributed by atoms with Gasteiger partial charge in [-0.25, -0.2) is 9.78 Å². The minimum Gasteiger partial charge on any atom is -0.355 e. The van der Waals surface area contributed by atoms with Gasteiger partial charge in [-0.15, -0.1) is 0 Å². The number of aromatic nitrogens is 3. The number of aromatic amines is 2. The number of carbonyl (C=O) groups is 1. The Labute approximate surface area is 144 Å². The Morgan fingerprint density at radius 3 is 2.84 bits per heavy atom. The van der Waals surface area contributed by atoms with Crippen molar-refractivity contribution in [2.75, 3.05) is 25.0 Å². The molecule has 1 aliphatic rings. The third-order valence-corrected chi connectivity index (χ3v) is 4.45. The number of aryl methyl sites for hydroxylation is 1. The maximum absolute atomic E-state index is 12.6. The van der Waals surface area contributed by atoms with Crippen molar-refractivity contribution >= 4 is 11.7 Å². The van der Waals surface area contributed by atoms with Crippen LogP contribution in [0.15, 0.2) is 33.9 Å². The van der Waals surface area contributed by atoms with Crippen molar-refractivity contribution in [2.45, 2.75) is 25.8 Å². The van der Waals surface area contributed by atoms with Gasteiger partial charge in [-0.05, 0) is 31.9 Å². The molecule has 0 aliphatic carbocycles. The maximum atomic E-state index is 12.6. The maximum Gasteiger partial charge on any atom is 0.326 e. The molecular formula is C17H21N5O3. The molecule has 1 aliphatic heterocycles. The van der Waals surface area contributed by atoms with Gasteiger partial charge in [0.15, 0.2) is 0 Å². The van der Waals surface area contributed by atoms with E-state index in [9.17, 15) is 14.4 Å². The van der Waals surface area contributed by atoms with Crippen LogP contribution in [0.2, 0.25) is 0 Å². The number of rotatable bonds is 3. The van der Waals surface area contributed by atoms with Crippen molar-refractivity contribution in [3.63, 3.8) is 0 Å². The second kappa shape index (κ2) is 6.92. The predicted molar refractivity (Wildman–Crippen MR) is 94.0 cm³/mol. The summed E-state index contributed by atoms with van der Waals surface area (Å²) in [6.45, 7) is 3.49. The summed E-state index contributed by atoms with van der Waals surface area (Å²) in [5.41, 5.74) is -0.319. The zero-order valence-corrected chi connectivity index (χ0v) is 14.3. The van der Waals surface area contributed by atoms with Gasteiger partial charge in [0.1, 0.15) is 11.5 Å². The first-order valence-electron chi connectivity index (χ1n) is 8.23. The smallest absolute Gasteiger partial charge is 0.326 e. The summed E-state index contributed by atoms with van der Waals surface area (Å²) >= 11 is 0. The zero-order valence-electron chi connectivity index (χ0n) is 14.3. The zero-order chi connectivity index (χ0) is 18.0. The Bertz CT molecular complexity index is 860. The van der Waals surface area contributed by atoms with Gasteiger partial charge in [-0.3, -0.25) is 14.6 Å². The standard InChI is InChI=1S/C17H21N5O3/c1-11-5-3-7-14(18-11)22-8-4-6-12(10-22)21(2)16(24)13-9-15(23)20-17(25)19-13/h3,5,7,9,12H,4,6,8,10H2,1-2H3,(H2,19,20,23,25)/t12-/m1/s1. The summed E-state index contributed by atoms with van der Waals surface area (Å²) in [6.07, 6.45) is 1.79. The van der Waals surface area contributed by atoms with E-state index in [1.807, 2.05) is 25.1 Å². The highest BCUT2D eigenvalue weighted by molar-refractivity contribution is 5.92. The summed E-state index contributed by atoms with van der Waals surface area (Å²) in [5.74, 6) is 0.530. The first-order valence-corrected chi connectivity index (χ1v) is 8.23. The van der Waals surface area contributed by atoms with Gasteiger partial charge in [0, 0.05) is 37.9 Å². The van der Waals surface area contributed by atoms with Crippen molar-refractivity contribution in [3.8, 4) is 0 Å². The topological polar surface area (TPSA) is 102 Å². The molecule has 0 aromatic carbocycles. The third-order valence-electron chi connectivity index (χ3n) is 4.45. The minimum absolute atomic E-state index is 0.00190. The van der Waals surface area contributed by atoms with Gasteiger partial charge in [0.2, 0.25) is 0 Å². The molecule has 1 atom stereocenters. The highest BCUT2D eigenvalue weighted by Crippen LogP contribution is 2.21. The Balaban J connectivity index is 1.77. The molecule has 3 heterocycles. The number of pyridine rings is 1. The molecule has 0 radical (unpaired) electrons. The monoisotopic (exact) mass is 343 g/mol. The number of piperidine rings is 1. The van der Waals surface area contributed by atoms with Crippen LogP contribution in [0.4, 0.5) is 5.82 Å². The summed E-state index contributed by atoms with van der Waals surface area (Å²) in [7, 11) is 1.69. The van der Waals surface area contributed by atoms with Crippen molar-refractivity contribution in [1.29, 1.82) is 0 Å². The largest absolute Gasteiger partial charge is 0.355 e. The van der Waals surface area contributed by atoms with Crippen LogP contribution >= 0.6 is 0 Å². The van der Waals surface area contributed by atoms with Gasteiger partial charge in [0.25, 0.3) is 11.5 Å². The number of likely N-dealkylation sites (N-methyl/N-ethyl adjacent to an activating group) is 1. The molecule has 8 heteroatoms. The van der Waals surface area contributed by atoms with Gasteiger partial charge in [-0.2, -0.15) is 0 Å². The normalized spacial score (nSPS) is 17.4. The second-order valence-electron chi connectivity index (χ2n) is 6.30. The van der Waals surface area contributed by atoms with Crippen molar-refractivity contribution in [2.24, 2.45) is 0 Å². The minimum atomic E-state index is -0.682. The van der Waals surface area contributed by atoms with E-state index in [1.165, 1.54) is 0 Å². The van der Waals surface area contributed by atoms with Crippen LogP contribution < -0.4 is 16.1 Å². The van der Waals surface area contributed by atoms with E-state index in [1.54, 1.807) is 11.9 Å². The first kappa shape index (κ1) is 16.9. The lowest BCUT2D eigenvalue weighted by Crippen LogP contribution is -2.49. The molecule has 0 spiro atoms. The molecule has 1 amide bonds. The van der Waals surface area contributed by atoms with Crippen LogP contribution in [0, 0.1) is 6.92 Å². The van der Waals surface area contributed by atoms with Crippen LogP contribution in [0.5, 0.6) is 0 Å². The number of hydrogen-bond donors (Lipinski definition) is 2. The van der Waals surface area contributed by atoms with Gasteiger partial charge < -0.3 is 14.8 Å². The van der Waals surface area contributed by atoms with E-state index in [4.69, 9.17) is 0 Å². The Kier molecular flexibility index (Phi) is 4.69. The van der Waals surface area contributed by atoms with Crippen LogP contribution in [-0.2, 0) is 0 Å². The number of hydrogen-bond acceptors (Lipinski definition) is 5. The fraction of sp³-hybridized carbons (Fsp3) is 0.412. The fourth-order valence-electron chi connectivity index (χ4n) is 3.12. The fourth-order valence-corrected chi connectivity index (χ4v) is 3.12. The van der Waals surface area contributed by atoms with Crippen molar-refractivity contribution < 1.29 is 4.79 Å². The number of amides is 1. The van der Waals surface area contributed by atoms with E-state index in [0.29, 0.717) is 6.54 Å². The van der Waals surface area contributed by atoms with E-state index in [0.717, 1.165) is 37.0 Å². The average Bonchev–Trinajstić information content (AvgIpc) is 2.60. The quantitative estimate of drug-likeness (QED) is 0.845. The number of H-pyrrole nitrogens is 2. The first-order chi connectivity index (χ1) is 11.9. The predicted octanol–water partition coefficient (Wildman–Crippen LogP) is 0.508. The molecule has 0 saturated carbocycles. The highest BCUT2D eigenvalue weighted by Gasteiger charge is 2.28. The van der Waals surface area contributed by atoms with Crippen LogP contribution in [-0.4, -0.2) is 51.9 Å². The van der Waals surface area contributed by atoms with Crippen LogP contribution in [0.1, 0.15) is 29.0 Å². The molecule has 0 bridgehead atoms. The van der Waals surface area contributed by atoms with Gasteiger partial charge >= 0.3 is 5.69 Å². The van der Waals surface area contributed by atoms with E-state index in [-0.39, 0.29) is 17.6 Å². The van der Waals surface area contributed by atoms with Crippen LogP contribution in [0.25, 0.3) is 0 Å². The SMILES string of the molecule is Cc1cccc(N2CCC[C@@H](N(C)C(=O)c3cc(=O)[nH]c(=O)[nH]3)C2)n1. The van der Waals surface area contributed by atoms with Gasteiger partial charge in [-0.1, -0.05) is 6.07 Å². The molecule has 1 fully saturated rings. The Hall–Kier alpha value is -2.90. The van der Waals surface area contributed by atoms with Crippen molar-refractivity contribution in [1.82, 2.24) is 19.9 Å². The molecule has 8 nitrogen and oxygen atoms in total. The molecule has 2 N–H and O–H groups in total. The van der Waals surface area contributed by atoms with E-state index < -0.39 is 11.2 Å². The molecule has 132 valence electrons. The average molecular weight is 343 g/mol. The van der Waals surface area contributed by atoms with Crippen LogP contribution in [0.3, 0.4) is 0 Å². The molecule has 1 saturated heterocycles. The van der Waals surface area contributed by atoms with E-state index >= 15 is 0 Å². The lowest BCUT2D eigenvalue weighted by atomic mass is 10.0. The summed E-state index contributed by atoms with van der Waals surface area (Å²) in [5, 5.41) is 0. The third kappa shape index (κ3) is 3.78. The highest BCUT2D eigenvalue weighted by atomic mass is 16.2. The molecule has 2 aromatic heterocycles. The number of nitrogens with one attached hydrogen (secondary N) is 2. The lowest BCUT2D eigenvalue weighted by molar-refractivity contribution is 0.0710. The van der Waals surface area contributed by atoms with E-state index in [2.05, 4.69) is 19.9 Å². The molecule has 2 aromatic rings. The van der Waals surface area contributed by atoms with Gasteiger partial charge in [0.05, 0.1) is 0 Å². The number of anilines is 1.